The number of benzene rings is 1. The summed E-state index contributed by atoms with van der Waals surface area (Å²) in [5.74, 6) is 0.471. The van der Waals surface area contributed by atoms with E-state index >= 15 is 0 Å². The molecule has 4 atom stereocenters. The molecule has 0 radical (unpaired) electrons. The fourth-order valence-electron chi connectivity index (χ4n) is 4.01. The third kappa shape index (κ3) is 3.96. The van der Waals surface area contributed by atoms with Crippen molar-refractivity contribution in [3.05, 3.63) is 35.9 Å². The molecule has 132 valence electrons. The first-order chi connectivity index (χ1) is 11.5. The molecule has 6 nitrogen and oxygen atoms in total. The second-order valence-electron chi connectivity index (χ2n) is 6.85. The zero-order chi connectivity index (χ0) is 17.2. The standard InChI is InChI=1S/C17H25N3O3S/c18-16-14-7-6-13(10-14)15(16)17(21)19-8-9-24(22,23)20-11-12-4-2-1-3-5-12/h1-5,13-16,20H,6-11,18H2,(H,19,21). The lowest BCUT2D eigenvalue weighted by atomic mass is 9.84. The zero-order valence-corrected chi connectivity index (χ0v) is 14.5. The summed E-state index contributed by atoms with van der Waals surface area (Å²) in [5, 5.41) is 2.76. The number of carbonyl (C=O) groups is 1. The summed E-state index contributed by atoms with van der Waals surface area (Å²) in [5.41, 5.74) is 7.04. The predicted octanol–water partition coefficient (Wildman–Crippen LogP) is 0.596. The van der Waals surface area contributed by atoms with Gasteiger partial charge in [0.2, 0.25) is 15.9 Å². The molecular formula is C17H25N3O3S. The molecule has 0 saturated heterocycles. The Morgan fingerprint density at radius 3 is 2.54 bits per heavy atom. The van der Waals surface area contributed by atoms with Crippen molar-refractivity contribution in [1.82, 2.24) is 10.0 Å². The Bertz CT molecular complexity index is 676. The summed E-state index contributed by atoms with van der Waals surface area (Å²) in [4.78, 5) is 12.3. The van der Waals surface area contributed by atoms with Crippen molar-refractivity contribution in [3.8, 4) is 0 Å². The maximum Gasteiger partial charge on any atom is 0.225 e. The molecule has 0 heterocycles. The lowest BCUT2D eigenvalue weighted by Crippen LogP contribution is -2.46. The third-order valence-corrected chi connectivity index (χ3v) is 6.62. The molecule has 7 heteroatoms. The van der Waals surface area contributed by atoms with Gasteiger partial charge in [0.1, 0.15) is 0 Å². The van der Waals surface area contributed by atoms with E-state index in [9.17, 15) is 13.2 Å². The predicted molar refractivity (Wildman–Crippen MR) is 92.4 cm³/mol. The van der Waals surface area contributed by atoms with Crippen LogP contribution in [0.4, 0.5) is 0 Å². The number of nitrogens with one attached hydrogen (secondary N) is 2. The molecule has 1 aromatic rings. The first-order valence-electron chi connectivity index (χ1n) is 8.51. The van der Waals surface area contributed by atoms with Crippen LogP contribution in [0.15, 0.2) is 30.3 Å². The van der Waals surface area contributed by atoms with Gasteiger partial charge in [-0.2, -0.15) is 0 Å². The number of hydrogen-bond acceptors (Lipinski definition) is 4. The van der Waals surface area contributed by atoms with Gasteiger partial charge >= 0.3 is 0 Å². The number of nitrogens with two attached hydrogens (primary N) is 1. The van der Waals surface area contributed by atoms with Gasteiger partial charge in [0.15, 0.2) is 0 Å². The van der Waals surface area contributed by atoms with Crippen LogP contribution in [-0.4, -0.2) is 32.7 Å². The number of rotatable bonds is 7. The molecule has 2 aliphatic rings. The molecule has 4 N–H and O–H groups in total. The lowest BCUT2D eigenvalue weighted by Gasteiger charge is -2.26. The van der Waals surface area contributed by atoms with Gasteiger partial charge < -0.3 is 11.1 Å². The molecule has 24 heavy (non-hydrogen) atoms. The highest BCUT2D eigenvalue weighted by atomic mass is 32.2. The summed E-state index contributed by atoms with van der Waals surface area (Å²) in [6, 6.07) is 9.26. The van der Waals surface area contributed by atoms with Crippen molar-refractivity contribution in [3.63, 3.8) is 0 Å². The van der Waals surface area contributed by atoms with Crippen molar-refractivity contribution >= 4 is 15.9 Å². The first kappa shape index (κ1) is 17.4. The molecule has 2 bridgehead atoms. The van der Waals surface area contributed by atoms with Crippen molar-refractivity contribution in [2.75, 3.05) is 12.3 Å². The molecule has 0 spiro atoms. The second kappa shape index (κ2) is 7.21. The van der Waals surface area contributed by atoms with E-state index < -0.39 is 10.0 Å². The van der Waals surface area contributed by atoms with Crippen LogP contribution >= 0.6 is 0 Å². The Morgan fingerprint density at radius 2 is 1.88 bits per heavy atom. The Labute approximate surface area is 143 Å². The minimum atomic E-state index is -3.42. The number of carbonyl (C=O) groups excluding carboxylic acids is 1. The van der Waals surface area contributed by atoms with Crippen LogP contribution < -0.4 is 15.8 Å². The van der Waals surface area contributed by atoms with Crippen LogP contribution in [0.1, 0.15) is 24.8 Å². The molecule has 0 aromatic heterocycles. The van der Waals surface area contributed by atoms with Gasteiger partial charge in [0, 0.05) is 19.1 Å². The van der Waals surface area contributed by atoms with Crippen molar-refractivity contribution in [2.45, 2.75) is 31.8 Å². The second-order valence-corrected chi connectivity index (χ2v) is 8.78. The van der Waals surface area contributed by atoms with Crippen LogP contribution in [0.25, 0.3) is 0 Å². The quantitative estimate of drug-likeness (QED) is 0.669. The van der Waals surface area contributed by atoms with E-state index in [1.165, 1.54) is 0 Å². The van der Waals surface area contributed by atoms with E-state index in [2.05, 4.69) is 10.0 Å². The normalized spacial score (nSPS) is 28.9. The van der Waals surface area contributed by atoms with Gasteiger partial charge in [-0.15, -0.1) is 0 Å². The maximum absolute atomic E-state index is 12.3. The van der Waals surface area contributed by atoms with E-state index in [4.69, 9.17) is 5.73 Å². The van der Waals surface area contributed by atoms with Crippen LogP contribution in [0.3, 0.4) is 0 Å². The fraction of sp³-hybridized carbons (Fsp3) is 0.588. The van der Waals surface area contributed by atoms with Crippen molar-refractivity contribution in [1.29, 1.82) is 0 Å². The van der Waals surface area contributed by atoms with Gasteiger partial charge in [-0.05, 0) is 36.7 Å². The highest BCUT2D eigenvalue weighted by Crippen LogP contribution is 2.47. The van der Waals surface area contributed by atoms with Crippen LogP contribution in [0.2, 0.25) is 0 Å². The van der Waals surface area contributed by atoms with E-state index in [-0.39, 0.29) is 36.7 Å². The number of sulfonamides is 1. The Kier molecular flexibility index (Phi) is 5.22. The maximum atomic E-state index is 12.3. The highest BCUT2D eigenvalue weighted by molar-refractivity contribution is 7.89. The Balaban J connectivity index is 1.43. The molecule has 1 amide bonds. The lowest BCUT2D eigenvalue weighted by molar-refractivity contribution is -0.126. The van der Waals surface area contributed by atoms with Gasteiger partial charge in [-0.3, -0.25) is 4.79 Å². The zero-order valence-electron chi connectivity index (χ0n) is 13.6. The SMILES string of the molecule is NC1C2CCC(C2)C1C(=O)NCCS(=O)(=O)NCc1ccccc1. The van der Waals surface area contributed by atoms with Crippen LogP contribution in [-0.2, 0) is 21.4 Å². The monoisotopic (exact) mass is 351 g/mol. The molecular weight excluding hydrogens is 326 g/mol. The Hall–Kier alpha value is -1.44. The fourth-order valence-corrected chi connectivity index (χ4v) is 4.91. The first-order valence-corrected chi connectivity index (χ1v) is 10.2. The number of hydrogen-bond donors (Lipinski definition) is 3. The smallest absolute Gasteiger partial charge is 0.225 e. The average Bonchev–Trinajstić information content (AvgIpc) is 3.15. The average molecular weight is 351 g/mol. The summed E-state index contributed by atoms with van der Waals surface area (Å²) < 4.78 is 26.6. The minimum absolute atomic E-state index is 0.0726. The molecule has 2 saturated carbocycles. The highest BCUT2D eigenvalue weighted by Gasteiger charge is 2.48. The number of fused-ring (bicyclic) bond motifs is 2. The molecule has 2 aliphatic carbocycles. The van der Waals surface area contributed by atoms with Crippen molar-refractivity contribution in [2.24, 2.45) is 23.5 Å². The van der Waals surface area contributed by atoms with E-state index in [1.54, 1.807) is 0 Å². The molecule has 2 fully saturated rings. The van der Waals surface area contributed by atoms with Gasteiger partial charge in [-0.1, -0.05) is 30.3 Å². The Morgan fingerprint density at radius 1 is 1.17 bits per heavy atom. The minimum Gasteiger partial charge on any atom is -0.355 e. The summed E-state index contributed by atoms with van der Waals surface area (Å²) in [6.45, 7) is 0.373. The molecule has 1 aromatic carbocycles. The summed E-state index contributed by atoms with van der Waals surface area (Å²) >= 11 is 0. The largest absolute Gasteiger partial charge is 0.355 e. The van der Waals surface area contributed by atoms with E-state index in [0.717, 1.165) is 24.8 Å². The topological polar surface area (TPSA) is 101 Å². The van der Waals surface area contributed by atoms with Crippen LogP contribution in [0, 0.1) is 17.8 Å². The van der Waals surface area contributed by atoms with E-state index in [0.29, 0.717) is 11.8 Å². The van der Waals surface area contributed by atoms with Gasteiger partial charge in [-0.25, -0.2) is 13.1 Å². The summed E-state index contributed by atoms with van der Waals surface area (Å²) in [7, 11) is -3.42. The molecule has 3 rings (SSSR count). The third-order valence-electron chi connectivity index (χ3n) is 5.29. The van der Waals surface area contributed by atoms with Gasteiger partial charge in [0.25, 0.3) is 0 Å². The van der Waals surface area contributed by atoms with E-state index in [1.807, 2.05) is 30.3 Å². The molecule has 0 aliphatic heterocycles. The molecule has 4 unspecified atom stereocenters. The van der Waals surface area contributed by atoms with Crippen LogP contribution in [0.5, 0.6) is 0 Å². The van der Waals surface area contributed by atoms with Crippen molar-refractivity contribution < 1.29 is 13.2 Å². The summed E-state index contributed by atoms with van der Waals surface area (Å²) in [6.07, 6.45) is 3.22. The van der Waals surface area contributed by atoms with Gasteiger partial charge in [0.05, 0.1) is 11.7 Å². The number of amides is 1.